The summed E-state index contributed by atoms with van der Waals surface area (Å²) in [6.07, 6.45) is 2.63. The van der Waals surface area contributed by atoms with Gasteiger partial charge < -0.3 is 101 Å². The zero-order valence-electron chi connectivity index (χ0n) is 74.7. The number of nitrogens with two attached hydrogens (primary N) is 5. The number of nitro benzene ring substituents is 1. The number of anilines is 5. The molecule has 1 saturated heterocycles. The number of nitro groups is 1. The van der Waals surface area contributed by atoms with Crippen molar-refractivity contribution >= 4 is 349 Å². The number of piperazine rings is 1. The van der Waals surface area contributed by atoms with E-state index in [0.29, 0.717) is 16.1 Å². The Balaban J connectivity index is -0.000000285. The van der Waals surface area contributed by atoms with Crippen LogP contribution in [0.25, 0.3) is 27.4 Å². The number of aliphatic carboxylic acids is 1. The largest absolute Gasteiger partial charge is 1.00 e. The van der Waals surface area contributed by atoms with Gasteiger partial charge in [0.15, 0.2) is 40.7 Å². The minimum atomic E-state index is -1.67. The second-order valence-electron chi connectivity index (χ2n) is 24.7. The quantitative estimate of drug-likeness (QED) is 0.00604. The first-order valence-electron chi connectivity index (χ1n) is 37.2. The number of aliphatic hydroxyl groups is 2. The van der Waals surface area contributed by atoms with Gasteiger partial charge in [-0.25, -0.2) is 64.3 Å². The fraction of sp³-hybridized carbons (Fsp3) is 0.218. The molecule has 0 bridgehead atoms. The summed E-state index contributed by atoms with van der Waals surface area (Å²) in [5.74, 6) is -6.71. The number of hydrogen-bond donors (Lipinski definition) is 17. The molecule has 8 aromatic carbocycles. The molecule has 0 aliphatic carbocycles. The maximum atomic E-state index is 13.6. The number of oxime groups is 1. The molecule has 0 saturated carbocycles. The number of aliphatic hydroxyl groups excluding tert-OH is 2. The van der Waals surface area contributed by atoms with Gasteiger partial charge in [0.2, 0.25) is 18.8 Å². The van der Waals surface area contributed by atoms with Gasteiger partial charge in [0, 0.05) is 72.5 Å². The van der Waals surface area contributed by atoms with Crippen LogP contribution in [0.3, 0.4) is 0 Å². The van der Waals surface area contributed by atoms with Crippen molar-refractivity contribution in [1.29, 1.82) is 5.41 Å². The number of aromatic carboxylic acids is 2. The van der Waals surface area contributed by atoms with Crippen LogP contribution in [0.4, 0.5) is 82.8 Å². The number of amides is 3. The number of Topliss-reactive ketones (excluding diaryl/α,β-unsaturated/α-hetero) is 1. The predicted molar refractivity (Wildman–Crippen MR) is 559 cm³/mol. The van der Waals surface area contributed by atoms with E-state index in [1.165, 1.54) is 80.0 Å². The number of H-pyrrole nitrogens is 1. The third kappa shape index (κ3) is 57.9. The molecule has 2 aliphatic heterocycles. The van der Waals surface area contributed by atoms with Crippen molar-refractivity contribution in [3.8, 4) is 0 Å². The number of aromatic amines is 1. The molecule has 788 valence electrons. The van der Waals surface area contributed by atoms with E-state index >= 15 is 0 Å². The zero-order chi connectivity index (χ0) is 112. The van der Waals surface area contributed by atoms with Crippen LogP contribution in [0.5, 0.6) is 0 Å². The van der Waals surface area contributed by atoms with E-state index in [-0.39, 0.29) is 163 Å². The van der Waals surface area contributed by atoms with Crippen LogP contribution in [0.15, 0.2) is 155 Å². The topological polar surface area (TPSA) is 622 Å². The van der Waals surface area contributed by atoms with Crippen LogP contribution >= 0.6 is 230 Å². The Kier molecular flexibility index (Phi) is 79.8. The molecule has 3 amide bonds. The van der Waals surface area contributed by atoms with E-state index < -0.39 is 137 Å². The number of alkyl halides is 5. The first-order chi connectivity index (χ1) is 66.3. The smallest absolute Gasteiger partial charge is 0.488 e. The summed E-state index contributed by atoms with van der Waals surface area (Å²) in [7, 11) is 5.36. The van der Waals surface area contributed by atoms with Gasteiger partial charge in [0.25, 0.3) is 29.1 Å². The molecule has 65 heteroatoms. The molecule has 2 aromatic heterocycles. The molecule has 1 atom stereocenters. The van der Waals surface area contributed by atoms with Gasteiger partial charge in [-0.3, -0.25) is 48.3 Å². The van der Waals surface area contributed by atoms with Crippen LogP contribution in [0, 0.1) is 62.1 Å². The van der Waals surface area contributed by atoms with E-state index in [1.807, 2.05) is 26.4 Å². The van der Waals surface area contributed by atoms with Crippen LogP contribution in [-0.4, -0.2) is 187 Å². The molecular weight excluding hydrogens is 2680 g/mol. The van der Waals surface area contributed by atoms with Crippen molar-refractivity contribution in [3.63, 3.8) is 0 Å². The minimum absolute atomic E-state index is 0. The fourth-order valence-corrected chi connectivity index (χ4v) is 11.5. The number of carboxylic acid groups (broad SMARTS) is 3. The molecule has 12 rings (SSSR count). The summed E-state index contributed by atoms with van der Waals surface area (Å²) in [5, 5.41) is 82.7. The predicted octanol–water partition coefficient (Wildman–Crippen LogP) is 20.8. The molecule has 4 heterocycles. The van der Waals surface area contributed by atoms with Crippen LogP contribution < -0.4 is 79.8 Å². The molecule has 1 unspecified atom stereocenters. The van der Waals surface area contributed by atoms with Crippen molar-refractivity contribution < 1.29 is 160 Å². The summed E-state index contributed by atoms with van der Waals surface area (Å²) in [4.78, 5) is 110. The van der Waals surface area contributed by atoms with Gasteiger partial charge in [0.1, 0.15) is 34.3 Å². The van der Waals surface area contributed by atoms with Crippen LogP contribution in [0.1, 0.15) is 82.8 Å². The molecule has 0 spiro atoms. The molecule has 10 aromatic rings. The Morgan fingerprint density at radius 1 is 0.699 bits per heavy atom. The summed E-state index contributed by atoms with van der Waals surface area (Å²) in [6.45, 7) is 13.3. The SMILES string of the molecule is C.CC(=O)O.CC(C)(C)OC(=O)N1CCNCC1.CC(O)C(Cl)(Cl)Cl.CCO.Fc1c(Br)c(Cl)cc2c(Cl)ncnc12.N=CN.N[N-]O.Nc1c(C(=O)O)cc(Cl)c(Br)c1F.Nc1c(C(=O)O)ccc(Br)c1F.Nc1cccc(Br)c1F.O=C(/C=N/O)Nc1cccc(Br)c1F.O=C1Nc2c(ccc(Br)c2F)C1=O.O=S(Cl)Cl.O=[N+]([O-])c1cccc(Br)c1F.O=c1[nH]cnc2c(F)c(Br)c(Cl)cc12.[2H]CF.[2H]CF.[Na+]. The second-order valence-corrected chi connectivity index (χ2v) is 37.8. The van der Waals surface area contributed by atoms with Crippen molar-refractivity contribution in [1.82, 2.24) is 30.2 Å². The van der Waals surface area contributed by atoms with E-state index in [9.17, 15) is 87.6 Å². The number of fused-ring (bicyclic) bond motifs is 3. The van der Waals surface area contributed by atoms with Gasteiger partial charge in [-0.15, -0.1) is 0 Å². The van der Waals surface area contributed by atoms with Crippen molar-refractivity contribution in [3.05, 3.63) is 255 Å². The average molecular weight is 2770 g/mol. The zero-order valence-corrected chi connectivity index (χ0v) is 95.0. The summed E-state index contributed by atoms with van der Waals surface area (Å²) < 4.78 is 150. The Labute approximate surface area is 945 Å². The van der Waals surface area contributed by atoms with Gasteiger partial charge in [-0.05, 0) is 235 Å². The summed E-state index contributed by atoms with van der Waals surface area (Å²) >= 11 is 61.6. The van der Waals surface area contributed by atoms with Crippen molar-refractivity contribution in [2.45, 2.75) is 64.5 Å². The van der Waals surface area contributed by atoms with Crippen molar-refractivity contribution in [2.75, 3.05) is 74.9 Å². The third-order valence-corrected chi connectivity index (χ3v) is 22.0. The van der Waals surface area contributed by atoms with Gasteiger partial charge in [0.05, 0.1) is 142 Å². The first-order valence-corrected chi connectivity index (χ1v) is 47.6. The fourth-order valence-electron chi connectivity index (χ4n) is 8.03. The number of halogens is 27. The van der Waals surface area contributed by atoms with E-state index in [4.69, 9.17) is 156 Å². The molecular formula is C78H81Br8Cl9F10N17NaO19S. The van der Waals surface area contributed by atoms with Crippen molar-refractivity contribution in [2.24, 2.45) is 16.7 Å². The maximum absolute atomic E-state index is 13.6. The number of hydrogen-bond acceptors (Lipinski definition) is 26. The number of nitrogen functional groups attached to an aromatic ring is 3. The molecule has 2 aliphatic rings. The van der Waals surface area contributed by atoms with E-state index in [2.05, 4.69) is 201 Å². The first kappa shape index (κ1) is 144. The number of carbonyl (C=O) groups is 7. The minimum Gasteiger partial charge on any atom is -0.488 e. The summed E-state index contributed by atoms with van der Waals surface area (Å²) in [6, 6.07) is 22.5. The number of carboxylic acids is 3. The Morgan fingerprint density at radius 2 is 1.09 bits per heavy atom. The van der Waals surface area contributed by atoms with Gasteiger partial charge in [-0.2, -0.15) is 4.39 Å². The standard InChI is InChI=1S/C9H18N2O2.C8H2BrCl2FN2.C8H3BrClFN2O.C8H6BrFN2O2.C8H3BrFNO2.C7H4BrClFNO2.C7H5BrFNO2.C6H3BrFNO2.C6H5BrFN.C3H5Cl3O.C2H4O2.C2H6O.2CH3F.CH4N2.CH4.Cl2OS.H3N2O.Na/c1-9(2,3)13-8(12)11-6-4-10-5-7-11;9-5-4(10)1-3-7(6(5)12)13-2-14-8(3)11;9-5-4(10)1-3-7(6(5)11)12-2-13-8(3)14;9-5-2-1-3-6(8(5)10)12-7(13)4-11-14;9-4-2-1-3-6(5(4)10)11-8(13)7(3)12;8-4-3(9)1-2(7(12)13)6(11)5(4)10;8-4-2-1-3(7(11)12)6(10)5(4)9;7-4-2-1-3-5(6(4)8)9(10)11;7-4-2-1-3-5(9)6(4)8;1-2(7)3(4,5)6;1-2(3)4;1-2-3;2*1-2;2-1-3;;1-4(2)3;1-2-3;/h10H,4-7H2,1-3H3;1-2H;1-2H,(H,12,13,14);1-4,14H,(H,12,13);1-2H,(H,11,12,13);1H,11H2,(H,12,13);1-2H,10H2,(H,11,12);1-3H;1-3H,9H2;2,7H,1H3;1H3,(H,3,4);3H,2H2,1H3;2*1H3;1H,(H3,2,3);1H4;;3H,1H2;/q;;;;;;;;;;;;;;;;;-1;+1/b;;;11-4+;;;;;;;;;;;;;;;/i;;;;;;;;;;;;2*1D;;;;;. The van der Waals surface area contributed by atoms with Crippen LogP contribution in [0.2, 0.25) is 20.2 Å². The number of rotatable bonds is 5. The number of benzene rings is 8. The number of ether oxygens (including phenoxy) is 1. The number of aromatic nitrogens is 4. The second kappa shape index (κ2) is 79.1. The number of carbonyl (C=O) groups excluding carboxylic acids is 4. The van der Waals surface area contributed by atoms with Gasteiger partial charge in [-0.1, -0.05) is 112 Å². The Bertz CT molecular complexity index is 5950. The molecule has 1 fully saturated rings. The molecule has 143 heavy (non-hydrogen) atoms. The Morgan fingerprint density at radius 3 is 1.51 bits per heavy atom. The monoisotopic (exact) mass is 2750 g/mol. The molecule has 22 N–H and O–H groups in total. The third-order valence-electron chi connectivity index (χ3n) is 13.8. The normalized spacial score (nSPS) is 11.0. The number of nitrogens with one attached hydrogen (secondary N) is 5. The van der Waals surface area contributed by atoms with Gasteiger partial charge >= 0.3 is 53.3 Å². The molecule has 0 radical (unpaired) electrons. The number of nitrogens with zero attached hydrogens (tertiary/aromatic N) is 7. The Hall–Kier alpha value is -7.07. The maximum Gasteiger partial charge on any atom is 1.00 e. The molecule has 36 nitrogen and oxygen atoms in total. The average Bonchev–Trinajstić information content (AvgIpc) is 1.78. The van der Waals surface area contributed by atoms with E-state index in [1.54, 1.807) is 30.0 Å². The van der Waals surface area contributed by atoms with E-state index in [0.717, 1.165) is 57.9 Å². The van der Waals surface area contributed by atoms with Crippen LogP contribution in [-0.2, 0) is 28.3 Å². The number of ketones is 1. The summed E-state index contributed by atoms with van der Waals surface area (Å²) in [5.41, 5.74) is 19.7.